The van der Waals surface area contributed by atoms with Crippen molar-refractivity contribution in [3.05, 3.63) is 0 Å². The number of rotatable bonds is 5. The molecule has 9 heavy (non-hydrogen) atoms. The molecule has 0 aliphatic heterocycles. The van der Waals surface area contributed by atoms with Crippen molar-refractivity contribution < 1.29 is 12.9 Å². The summed E-state index contributed by atoms with van der Waals surface area (Å²) in [6, 6.07) is 0. The smallest absolute Gasteiger partial charge is 0.0842 e. The van der Waals surface area contributed by atoms with Gasteiger partial charge in [-0.25, -0.2) is 4.21 Å². The third-order valence-electron chi connectivity index (χ3n) is 0.927. The van der Waals surface area contributed by atoms with E-state index in [1.165, 1.54) is 0 Å². The third kappa shape index (κ3) is 8.07. The SMILES string of the molecule is CCCCCOS(=O)[O-]. The van der Waals surface area contributed by atoms with Crippen LogP contribution in [-0.2, 0) is 15.5 Å². The van der Waals surface area contributed by atoms with E-state index in [1.54, 1.807) is 0 Å². The molecular formula is C5H11O3S-. The lowest BCUT2D eigenvalue weighted by atomic mass is 10.3. The van der Waals surface area contributed by atoms with E-state index >= 15 is 0 Å². The van der Waals surface area contributed by atoms with Crippen LogP contribution in [0.3, 0.4) is 0 Å². The fourth-order valence-corrected chi connectivity index (χ4v) is 0.733. The van der Waals surface area contributed by atoms with Crippen LogP contribution in [0, 0.1) is 0 Å². The van der Waals surface area contributed by atoms with Crippen molar-refractivity contribution in [3.63, 3.8) is 0 Å². The fourth-order valence-electron chi connectivity index (χ4n) is 0.479. The molecular weight excluding hydrogens is 140 g/mol. The van der Waals surface area contributed by atoms with E-state index in [2.05, 4.69) is 4.18 Å². The summed E-state index contributed by atoms with van der Waals surface area (Å²) >= 11 is -2.32. The van der Waals surface area contributed by atoms with Crippen LogP contribution >= 0.6 is 0 Å². The second-order valence-corrected chi connectivity index (χ2v) is 2.38. The topological polar surface area (TPSA) is 49.4 Å². The highest BCUT2D eigenvalue weighted by molar-refractivity contribution is 7.74. The summed E-state index contributed by atoms with van der Waals surface area (Å²) in [5, 5.41) is 0. The van der Waals surface area contributed by atoms with Crippen LogP contribution in [-0.4, -0.2) is 15.4 Å². The van der Waals surface area contributed by atoms with Gasteiger partial charge in [0.15, 0.2) is 0 Å². The molecule has 0 bridgehead atoms. The van der Waals surface area contributed by atoms with Crippen molar-refractivity contribution in [1.29, 1.82) is 0 Å². The molecule has 0 saturated carbocycles. The average Bonchev–Trinajstić information content (AvgIpc) is 1.80. The van der Waals surface area contributed by atoms with Crippen LogP contribution in [0.15, 0.2) is 0 Å². The molecule has 0 aromatic carbocycles. The maximum atomic E-state index is 9.74. The summed E-state index contributed by atoms with van der Waals surface area (Å²) < 4.78 is 23.7. The summed E-state index contributed by atoms with van der Waals surface area (Å²) in [6.45, 7) is 2.37. The molecule has 0 radical (unpaired) electrons. The molecule has 0 fully saturated rings. The van der Waals surface area contributed by atoms with Gasteiger partial charge in [-0.3, -0.25) is 0 Å². The van der Waals surface area contributed by atoms with Crippen LogP contribution in [0.4, 0.5) is 0 Å². The summed E-state index contributed by atoms with van der Waals surface area (Å²) in [7, 11) is 0. The van der Waals surface area contributed by atoms with Gasteiger partial charge in [-0.1, -0.05) is 19.8 Å². The van der Waals surface area contributed by atoms with Crippen molar-refractivity contribution in [1.82, 2.24) is 0 Å². The van der Waals surface area contributed by atoms with E-state index in [9.17, 15) is 8.76 Å². The van der Waals surface area contributed by atoms with Crippen molar-refractivity contribution in [2.75, 3.05) is 6.61 Å². The summed E-state index contributed by atoms with van der Waals surface area (Å²) in [5.74, 6) is 0. The molecule has 4 heteroatoms. The fraction of sp³-hybridized carbons (Fsp3) is 1.00. The van der Waals surface area contributed by atoms with Crippen LogP contribution in [0.25, 0.3) is 0 Å². The van der Waals surface area contributed by atoms with Crippen molar-refractivity contribution in [3.8, 4) is 0 Å². The normalized spacial score (nSPS) is 13.6. The van der Waals surface area contributed by atoms with E-state index in [0.29, 0.717) is 6.61 Å². The third-order valence-corrected chi connectivity index (χ3v) is 1.29. The van der Waals surface area contributed by atoms with Crippen molar-refractivity contribution >= 4 is 11.4 Å². The first-order valence-electron chi connectivity index (χ1n) is 3.00. The molecule has 0 heterocycles. The van der Waals surface area contributed by atoms with Gasteiger partial charge in [0.25, 0.3) is 0 Å². The standard InChI is InChI=1S/C5H12O3S/c1-2-3-4-5-8-9(6)7/h2-5H2,1H3,(H,6,7)/p-1. The predicted molar refractivity (Wildman–Crippen MR) is 34.4 cm³/mol. The van der Waals surface area contributed by atoms with Gasteiger partial charge in [0.2, 0.25) is 0 Å². The van der Waals surface area contributed by atoms with Gasteiger partial charge >= 0.3 is 0 Å². The number of hydrogen-bond acceptors (Lipinski definition) is 3. The Morgan fingerprint density at radius 1 is 1.56 bits per heavy atom. The minimum Gasteiger partial charge on any atom is -0.750 e. The highest BCUT2D eigenvalue weighted by Gasteiger charge is 1.85. The molecule has 0 aromatic heterocycles. The Hall–Kier alpha value is 0.0700. The lowest BCUT2D eigenvalue weighted by molar-refractivity contribution is 0.292. The quantitative estimate of drug-likeness (QED) is 0.435. The average molecular weight is 151 g/mol. The molecule has 0 saturated heterocycles. The zero-order valence-electron chi connectivity index (χ0n) is 5.46. The molecule has 3 nitrogen and oxygen atoms in total. The number of hydrogen-bond donors (Lipinski definition) is 0. The molecule has 0 aromatic rings. The molecule has 56 valence electrons. The van der Waals surface area contributed by atoms with Gasteiger partial charge in [-0.15, -0.1) is 0 Å². The second-order valence-electron chi connectivity index (χ2n) is 1.73. The molecule has 0 aliphatic rings. The molecule has 1 atom stereocenters. The first-order chi connectivity index (χ1) is 4.27. The zero-order valence-corrected chi connectivity index (χ0v) is 6.28. The van der Waals surface area contributed by atoms with Gasteiger partial charge in [0, 0.05) is 0 Å². The predicted octanol–water partition coefficient (Wildman–Crippen LogP) is 0.987. The van der Waals surface area contributed by atoms with Gasteiger partial charge in [0.05, 0.1) is 18.0 Å². The Labute approximate surface area is 57.9 Å². The van der Waals surface area contributed by atoms with E-state index in [4.69, 9.17) is 0 Å². The van der Waals surface area contributed by atoms with Gasteiger partial charge in [0.1, 0.15) is 0 Å². The maximum absolute atomic E-state index is 9.74. The molecule has 0 amide bonds. The zero-order chi connectivity index (χ0) is 7.11. The van der Waals surface area contributed by atoms with Gasteiger partial charge < -0.3 is 8.74 Å². The molecule has 1 unspecified atom stereocenters. The first-order valence-corrected chi connectivity index (χ1v) is 4.00. The largest absolute Gasteiger partial charge is 0.750 e. The first kappa shape index (κ1) is 9.07. The van der Waals surface area contributed by atoms with E-state index in [0.717, 1.165) is 19.3 Å². The summed E-state index contributed by atoms with van der Waals surface area (Å²) in [4.78, 5) is 0. The highest BCUT2D eigenvalue weighted by atomic mass is 32.2. The molecule has 0 aliphatic carbocycles. The van der Waals surface area contributed by atoms with Crippen LogP contribution in [0.2, 0.25) is 0 Å². The van der Waals surface area contributed by atoms with Crippen molar-refractivity contribution in [2.45, 2.75) is 26.2 Å². The minimum absolute atomic E-state index is 0.323. The minimum atomic E-state index is -2.32. The summed E-state index contributed by atoms with van der Waals surface area (Å²) in [6.07, 6.45) is 2.93. The Bertz CT molecular complexity index is 84.3. The monoisotopic (exact) mass is 151 g/mol. The van der Waals surface area contributed by atoms with E-state index in [-0.39, 0.29) is 0 Å². The Kier molecular flexibility index (Phi) is 6.24. The molecule has 0 rings (SSSR count). The van der Waals surface area contributed by atoms with E-state index in [1.807, 2.05) is 6.92 Å². The van der Waals surface area contributed by atoms with Crippen LogP contribution < -0.4 is 0 Å². The lowest BCUT2D eigenvalue weighted by Crippen LogP contribution is -1.96. The van der Waals surface area contributed by atoms with Gasteiger partial charge in [-0.2, -0.15) is 0 Å². The summed E-state index contributed by atoms with van der Waals surface area (Å²) in [5.41, 5.74) is 0. The Balaban J connectivity index is 2.83. The molecule has 0 spiro atoms. The Morgan fingerprint density at radius 3 is 2.67 bits per heavy atom. The Morgan fingerprint density at radius 2 is 2.22 bits per heavy atom. The lowest BCUT2D eigenvalue weighted by Gasteiger charge is -2.03. The molecule has 0 N–H and O–H groups in total. The van der Waals surface area contributed by atoms with Gasteiger partial charge in [-0.05, 0) is 6.42 Å². The maximum Gasteiger partial charge on any atom is 0.0842 e. The second kappa shape index (κ2) is 6.19. The number of unbranched alkanes of at least 4 members (excludes halogenated alkanes) is 2. The van der Waals surface area contributed by atoms with E-state index < -0.39 is 11.4 Å². The highest BCUT2D eigenvalue weighted by Crippen LogP contribution is 1.94. The van der Waals surface area contributed by atoms with Crippen molar-refractivity contribution in [2.24, 2.45) is 0 Å². The van der Waals surface area contributed by atoms with Crippen LogP contribution in [0.1, 0.15) is 26.2 Å². The van der Waals surface area contributed by atoms with Crippen LogP contribution in [0.5, 0.6) is 0 Å².